The van der Waals surface area contributed by atoms with Gasteiger partial charge < -0.3 is 54.1 Å². The standard InChI is InChI=1S/C46H66Cl2IN3O12/c1-12-60-35(54)23-44(6)38(55)27(4)40(45(7,58)22-25(2)24-52(11)28(5)39(56)46(8,59)42(49)64-43(44)57)63-41-37(33(51(9)10)20-26(3)61-41)62-34(53)21-29-16-13-14-19-32(29)50-36-30(47)17-15-18-31(36)48/h13-19,25-28,33,37,39-42,50,56,58-59H,12,20-24H2,1-11H3/t25-,26-,27+,28-,33+,37-,39-,40-,41+,42+,44+,45-,46+/m1/s1. The Kier molecular flexibility index (Phi) is 18.9. The SMILES string of the molecule is CCOC(=O)C[C@]1(C)C(=O)O[C@H](I)[C@@](C)(O)[C@H](O)[C@@H](C)N(C)C[C@H](C)C[C@@](C)(O)[C@H](O[C@@H]2O[C@H](C)C[C@H](N(C)C)[C@H]2OC(=O)Cc2ccccc2Nc2c(Cl)cccc2Cl)[C@@H](C)C1=O. The first kappa shape index (κ1) is 54.0. The summed E-state index contributed by atoms with van der Waals surface area (Å²) >= 11 is 14.6. The lowest BCUT2D eigenvalue weighted by atomic mass is 9.72. The fourth-order valence-electron chi connectivity index (χ4n) is 8.76. The van der Waals surface area contributed by atoms with Gasteiger partial charge in [0, 0.05) is 24.2 Å². The van der Waals surface area contributed by atoms with Crippen LogP contribution in [-0.2, 0) is 49.3 Å². The van der Waals surface area contributed by atoms with Crippen LogP contribution in [0.4, 0.5) is 11.4 Å². The number of aliphatic hydroxyl groups is 3. The largest absolute Gasteiger partial charge is 0.466 e. The monoisotopic (exact) mass is 1050 g/mol. The second-order valence-corrected chi connectivity index (χ2v) is 20.3. The number of hydrogen-bond donors (Lipinski definition) is 4. The number of carbonyl (C=O) groups excluding carboxylic acids is 4. The average Bonchev–Trinajstić information content (AvgIpc) is 3.20. The second-order valence-electron chi connectivity index (χ2n) is 18.4. The molecule has 0 radical (unpaired) electrons. The van der Waals surface area contributed by atoms with E-state index in [9.17, 15) is 29.7 Å². The number of esters is 3. The quantitative estimate of drug-likeness (QED) is 0.0641. The number of cyclic esters (lactones) is 1. The maximum absolute atomic E-state index is 15.0. The van der Waals surface area contributed by atoms with Gasteiger partial charge in [-0.3, -0.25) is 19.2 Å². The molecule has 2 aromatic carbocycles. The number of para-hydroxylation sites is 2. The normalized spacial score (nSPS) is 34.9. The van der Waals surface area contributed by atoms with Gasteiger partial charge in [-0.15, -0.1) is 0 Å². The van der Waals surface area contributed by atoms with E-state index in [1.807, 2.05) is 37.7 Å². The number of ether oxygens (including phenoxy) is 5. The summed E-state index contributed by atoms with van der Waals surface area (Å²) in [7, 11) is 5.43. The number of hydrogen-bond acceptors (Lipinski definition) is 15. The maximum Gasteiger partial charge on any atom is 0.321 e. The number of halogens is 3. The lowest BCUT2D eigenvalue weighted by Gasteiger charge is -2.47. The van der Waals surface area contributed by atoms with Crippen molar-refractivity contribution in [3.8, 4) is 0 Å². The van der Waals surface area contributed by atoms with Gasteiger partial charge in [-0.2, -0.15) is 0 Å². The fourth-order valence-corrected chi connectivity index (χ4v) is 9.85. The number of likely N-dealkylation sites (N-methyl/N-ethyl adjacent to an activating group) is 2. The van der Waals surface area contributed by atoms with E-state index in [-0.39, 0.29) is 25.4 Å². The van der Waals surface area contributed by atoms with Gasteiger partial charge in [0.25, 0.3) is 0 Å². The van der Waals surface area contributed by atoms with E-state index in [0.717, 1.165) is 0 Å². The van der Waals surface area contributed by atoms with Crippen LogP contribution in [0.2, 0.25) is 10.0 Å². The average molecular weight is 1050 g/mol. The first-order chi connectivity index (χ1) is 29.7. The summed E-state index contributed by atoms with van der Waals surface area (Å²) in [6.07, 6.45) is -6.18. The molecule has 2 fully saturated rings. The molecular formula is C46H66Cl2IN3O12. The van der Waals surface area contributed by atoms with Crippen LogP contribution in [0.25, 0.3) is 0 Å². The Bertz CT molecular complexity index is 1940. The molecular weight excluding hydrogens is 984 g/mol. The Balaban J connectivity index is 1.78. The van der Waals surface area contributed by atoms with Gasteiger partial charge in [0.15, 0.2) is 22.3 Å². The topological polar surface area (TPSA) is 194 Å². The molecule has 13 atom stereocenters. The van der Waals surface area contributed by atoms with Crippen LogP contribution in [0.1, 0.15) is 80.2 Å². The van der Waals surface area contributed by atoms with E-state index >= 15 is 4.79 Å². The van der Waals surface area contributed by atoms with Gasteiger partial charge in [-0.1, -0.05) is 61.3 Å². The van der Waals surface area contributed by atoms with Gasteiger partial charge in [-0.05, 0) is 128 Å². The molecule has 2 aliphatic heterocycles. The van der Waals surface area contributed by atoms with E-state index in [2.05, 4.69) is 5.32 Å². The maximum atomic E-state index is 15.0. The number of nitrogens with one attached hydrogen (secondary N) is 1. The number of rotatable bonds is 11. The summed E-state index contributed by atoms with van der Waals surface area (Å²) in [4.78, 5) is 60.3. The molecule has 15 nitrogen and oxygen atoms in total. The number of carbonyl (C=O) groups is 4. The Morgan fingerprint density at radius 2 is 1.62 bits per heavy atom. The van der Waals surface area contributed by atoms with Crippen molar-refractivity contribution in [2.24, 2.45) is 17.3 Å². The molecule has 0 saturated carbocycles. The summed E-state index contributed by atoms with van der Waals surface area (Å²) in [6.45, 7) is 12.9. The predicted octanol–water partition coefficient (Wildman–Crippen LogP) is 6.33. The minimum atomic E-state index is -2.23. The second kappa shape index (κ2) is 22.4. The number of benzene rings is 2. The zero-order valence-electron chi connectivity index (χ0n) is 38.6. The Labute approximate surface area is 400 Å². The van der Waals surface area contributed by atoms with Crippen molar-refractivity contribution < 1.29 is 58.2 Å². The highest BCUT2D eigenvalue weighted by Gasteiger charge is 2.55. The van der Waals surface area contributed by atoms with Gasteiger partial charge >= 0.3 is 17.9 Å². The van der Waals surface area contributed by atoms with Crippen molar-refractivity contribution >= 4 is 80.9 Å². The summed E-state index contributed by atoms with van der Waals surface area (Å²) in [5.41, 5.74) is -4.44. The van der Waals surface area contributed by atoms with E-state index in [4.69, 9.17) is 46.9 Å². The lowest BCUT2D eigenvalue weighted by molar-refractivity contribution is -0.296. The van der Waals surface area contributed by atoms with Crippen LogP contribution >= 0.6 is 45.8 Å². The van der Waals surface area contributed by atoms with Crippen molar-refractivity contribution in [2.75, 3.05) is 39.6 Å². The van der Waals surface area contributed by atoms with Crippen molar-refractivity contribution in [1.29, 1.82) is 0 Å². The molecule has 0 aromatic heterocycles. The number of Topliss-reactive ketones (excluding diaryl/α,β-unsaturated/α-hetero) is 1. The first-order valence-corrected chi connectivity index (χ1v) is 23.6. The predicted molar refractivity (Wildman–Crippen MR) is 252 cm³/mol. The molecule has 0 aliphatic carbocycles. The van der Waals surface area contributed by atoms with Crippen LogP contribution in [0.5, 0.6) is 0 Å². The first-order valence-electron chi connectivity index (χ1n) is 21.6. The molecule has 64 heavy (non-hydrogen) atoms. The van der Waals surface area contributed by atoms with Crippen molar-refractivity contribution in [2.45, 2.75) is 139 Å². The molecule has 0 unspecified atom stereocenters. The molecule has 358 valence electrons. The smallest absolute Gasteiger partial charge is 0.321 e. The van der Waals surface area contributed by atoms with Crippen LogP contribution in [0, 0.1) is 17.3 Å². The Hall–Kier alpha value is -2.65. The highest BCUT2D eigenvalue weighted by atomic mass is 127. The summed E-state index contributed by atoms with van der Waals surface area (Å²) in [6, 6.07) is 11.1. The molecule has 2 aliphatic rings. The van der Waals surface area contributed by atoms with Crippen molar-refractivity contribution in [3.05, 3.63) is 58.1 Å². The van der Waals surface area contributed by atoms with E-state index < -0.39 is 99.5 Å². The zero-order valence-corrected chi connectivity index (χ0v) is 42.3. The third-order valence-corrected chi connectivity index (χ3v) is 14.6. The van der Waals surface area contributed by atoms with E-state index in [0.29, 0.717) is 39.9 Å². The van der Waals surface area contributed by atoms with E-state index in [1.165, 1.54) is 27.7 Å². The molecule has 0 spiro atoms. The summed E-state index contributed by atoms with van der Waals surface area (Å²) in [5, 5.41) is 39.7. The number of nitrogens with zero attached hydrogens (tertiary/aromatic N) is 2. The third-order valence-electron chi connectivity index (χ3n) is 12.4. The van der Waals surface area contributed by atoms with Gasteiger partial charge in [0.2, 0.25) is 0 Å². The minimum Gasteiger partial charge on any atom is -0.466 e. The molecule has 2 aromatic rings. The number of ketones is 1. The van der Waals surface area contributed by atoms with Gasteiger partial charge in [0.05, 0.1) is 59.0 Å². The third kappa shape index (κ3) is 12.9. The zero-order chi connectivity index (χ0) is 48.1. The lowest BCUT2D eigenvalue weighted by Crippen LogP contribution is -2.60. The molecule has 4 rings (SSSR count). The molecule has 4 N–H and O–H groups in total. The Morgan fingerprint density at radius 3 is 2.23 bits per heavy atom. The van der Waals surface area contributed by atoms with E-state index in [1.54, 1.807) is 86.0 Å². The molecule has 2 saturated heterocycles. The molecule has 2 heterocycles. The summed E-state index contributed by atoms with van der Waals surface area (Å²) < 4.78 is 29.1. The number of anilines is 2. The van der Waals surface area contributed by atoms with Crippen LogP contribution < -0.4 is 5.32 Å². The molecule has 0 amide bonds. The summed E-state index contributed by atoms with van der Waals surface area (Å²) in [5.74, 6) is -5.09. The Morgan fingerprint density at radius 1 is 1.00 bits per heavy atom. The highest BCUT2D eigenvalue weighted by molar-refractivity contribution is 14.1. The van der Waals surface area contributed by atoms with Crippen LogP contribution in [0.15, 0.2) is 42.5 Å². The molecule has 0 bridgehead atoms. The molecule has 18 heteroatoms. The van der Waals surface area contributed by atoms with Gasteiger partial charge in [0.1, 0.15) is 17.1 Å². The number of aliphatic hydroxyl groups excluding tert-OH is 1. The van der Waals surface area contributed by atoms with Crippen LogP contribution in [-0.4, -0.2) is 141 Å². The van der Waals surface area contributed by atoms with Crippen molar-refractivity contribution in [1.82, 2.24) is 9.80 Å². The van der Waals surface area contributed by atoms with Crippen molar-refractivity contribution in [3.63, 3.8) is 0 Å². The number of alkyl halides is 1. The minimum absolute atomic E-state index is 0.0323. The fraction of sp³-hybridized carbons (Fsp3) is 0.652. The van der Waals surface area contributed by atoms with Gasteiger partial charge in [-0.25, -0.2) is 0 Å². The van der Waals surface area contributed by atoms with Crippen LogP contribution in [0.3, 0.4) is 0 Å². The highest BCUT2D eigenvalue weighted by Crippen LogP contribution is 2.41.